The van der Waals surface area contributed by atoms with Crippen molar-refractivity contribution in [1.29, 1.82) is 0 Å². The molecule has 0 amide bonds. The molecule has 2 fully saturated rings. The molecule has 0 aromatic heterocycles. The van der Waals surface area contributed by atoms with E-state index in [9.17, 15) is 0 Å². The molecule has 0 radical (unpaired) electrons. The number of likely N-dealkylation sites (tertiary alicyclic amines) is 1. The van der Waals surface area contributed by atoms with Crippen LogP contribution in [-0.2, 0) is 17.8 Å². The van der Waals surface area contributed by atoms with Gasteiger partial charge in [-0.15, -0.1) is 24.0 Å². The highest BCUT2D eigenvalue weighted by Gasteiger charge is 2.20. The smallest absolute Gasteiger partial charge is 0.191 e. The number of rotatable bonds is 10. The third-order valence-corrected chi connectivity index (χ3v) is 5.12. The number of nitrogens with zero attached hydrogens (tertiary/aromatic N) is 2. The average Bonchev–Trinajstić information content (AvgIpc) is 3.36. The normalized spacial score (nSPS) is 17.6. The molecule has 2 aliphatic rings. The van der Waals surface area contributed by atoms with Crippen LogP contribution in [0.3, 0.4) is 0 Å². The Kier molecular flexibility index (Phi) is 10.4. The molecule has 5 nitrogen and oxygen atoms in total. The highest BCUT2D eigenvalue weighted by atomic mass is 127. The first kappa shape index (κ1) is 22.4. The second-order valence-electron chi connectivity index (χ2n) is 7.52. The van der Waals surface area contributed by atoms with Gasteiger partial charge in [0.25, 0.3) is 0 Å². The van der Waals surface area contributed by atoms with Gasteiger partial charge < -0.3 is 15.4 Å². The first-order valence-electron chi connectivity index (χ1n) is 10.2. The van der Waals surface area contributed by atoms with E-state index in [1.165, 1.54) is 49.9 Å². The van der Waals surface area contributed by atoms with Gasteiger partial charge in [-0.25, -0.2) is 0 Å². The number of ether oxygens (including phenoxy) is 1. The summed E-state index contributed by atoms with van der Waals surface area (Å²) >= 11 is 0. The number of guanidine groups is 1. The SMILES string of the molecule is CN=C(NCCCOCC1CC1)NCc1ccc(CN2CCCC2)cc1.I. The molecule has 2 N–H and O–H groups in total. The van der Waals surface area contributed by atoms with Gasteiger partial charge in [0.2, 0.25) is 0 Å². The van der Waals surface area contributed by atoms with Crippen LogP contribution in [0.4, 0.5) is 0 Å². The lowest BCUT2D eigenvalue weighted by Gasteiger charge is -2.15. The minimum Gasteiger partial charge on any atom is -0.381 e. The van der Waals surface area contributed by atoms with Crippen molar-refractivity contribution in [3.8, 4) is 0 Å². The number of nitrogens with one attached hydrogen (secondary N) is 2. The van der Waals surface area contributed by atoms with Crippen molar-refractivity contribution in [2.45, 2.75) is 45.2 Å². The lowest BCUT2D eigenvalue weighted by Crippen LogP contribution is -2.37. The maximum Gasteiger partial charge on any atom is 0.191 e. The number of hydrogen-bond acceptors (Lipinski definition) is 3. The number of hydrogen-bond donors (Lipinski definition) is 2. The van der Waals surface area contributed by atoms with Gasteiger partial charge in [-0.05, 0) is 62.2 Å². The third-order valence-electron chi connectivity index (χ3n) is 5.12. The molecule has 152 valence electrons. The summed E-state index contributed by atoms with van der Waals surface area (Å²) in [5, 5.41) is 6.74. The second kappa shape index (κ2) is 12.6. The van der Waals surface area contributed by atoms with E-state index in [1.807, 2.05) is 7.05 Å². The summed E-state index contributed by atoms with van der Waals surface area (Å²) in [6.45, 7) is 7.04. The maximum absolute atomic E-state index is 5.66. The van der Waals surface area contributed by atoms with Crippen LogP contribution in [0.25, 0.3) is 0 Å². The van der Waals surface area contributed by atoms with Gasteiger partial charge in [0.15, 0.2) is 5.96 Å². The Morgan fingerprint density at radius 1 is 1.11 bits per heavy atom. The van der Waals surface area contributed by atoms with Crippen LogP contribution in [-0.4, -0.2) is 50.8 Å². The molecular weight excluding hydrogens is 451 g/mol. The Hall–Kier alpha value is -0.860. The average molecular weight is 486 g/mol. The minimum atomic E-state index is 0. The van der Waals surface area contributed by atoms with Crippen molar-refractivity contribution >= 4 is 29.9 Å². The van der Waals surface area contributed by atoms with Crippen LogP contribution in [0.15, 0.2) is 29.3 Å². The predicted molar refractivity (Wildman–Crippen MR) is 123 cm³/mol. The fourth-order valence-electron chi connectivity index (χ4n) is 3.28. The Bertz CT molecular complexity index is 554. The van der Waals surface area contributed by atoms with Crippen LogP contribution in [0.1, 0.15) is 43.2 Å². The number of aliphatic imine (C=N–C) groups is 1. The quantitative estimate of drug-likeness (QED) is 0.231. The Labute approximate surface area is 181 Å². The molecule has 1 aromatic carbocycles. The summed E-state index contributed by atoms with van der Waals surface area (Å²) in [7, 11) is 1.82. The van der Waals surface area contributed by atoms with Gasteiger partial charge in [0, 0.05) is 39.9 Å². The first-order valence-corrected chi connectivity index (χ1v) is 10.2. The molecule has 0 bridgehead atoms. The molecule has 3 rings (SSSR count). The molecule has 27 heavy (non-hydrogen) atoms. The van der Waals surface area contributed by atoms with Crippen molar-refractivity contribution < 1.29 is 4.74 Å². The summed E-state index contributed by atoms with van der Waals surface area (Å²) in [6.07, 6.45) is 6.42. The van der Waals surface area contributed by atoms with E-state index in [0.717, 1.165) is 51.1 Å². The molecule has 0 unspecified atom stereocenters. The lowest BCUT2D eigenvalue weighted by atomic mass is 10.1. The molecule has 6 heteroatoms. The first-order chi connectivity index (χ1) is 12.8. The fourth-order valence-corrected chi connectivity index (χ4v) is 3.28. The molecule has 0 spiro atoms. The predicted octanol–water partition coefficient (Wildman–Crippen LogP) is 3.38. The van der Waals surface area contributed by atoms with Crippen LogP contribution in [0.5, 0.6) is 0 Å². The molecule has 1 heterocycles. The van der Waals surface area contributed by atoms with Crippen LogP contribution in [0, 0.1) is 5.92 Å². The van der Waals surface area contributed by atoms with Crippen molar-refractivity contribution in [1.82, 2.24) is 15.5 Å². The van der Waals surface area contributed by atoms with E-state index in [1.54, 1.807) is 0 Å². The summed E-state index contributed by atoms with van der Waals surface area (Å²) in [6, 6.07) is 8.94. The van der Waals surface area contributed by atoms with Crippen molar-refractivity contribution in [3.63, 3.8) is 0 Å². The Morgan fingerprint density at radius 2 is 1.81 bits per heavy atom. The molecule has 0 atom stereocenters. The van der Waals surface area contributed by atoms with Gasteiger partial charge in [-0.1, -0.05) is 24.3 Å². The summed E-state index contributed by atoms with van der Waals surface area (Å²) in [5.74, 6) is 1.70. The van der Waals surface area contributed by atoms with Crippen LogP contribution < -0.4 is 10.6 Å². The fraction of sp³-hybridized carbons (Fsp3) is 0.667. The topological polar surface area (TPSA) is 48.9 Å². The summed E-state index contributed by atoms with van der Waals surface area (Å²) in [5.41, 5.74) is 2.69. The van der Waals surface area contributed by atoms with E-state index in [-0.39, 0.29) is 24.0 Å². The highest BCUT2D eigenvalue weighted by Crippen LogP contribution is 2.28. The van der Waals surface area contributed by atoms with Gasteiger partial charge in [0.05, 0.1) is 0 Å². The zero-order chi connectivity index (χ0) is 18.0. The van der Waals surface area contributed by atoms with Crippen molar-refractivity contribution in [2.75, 3.05) is 39.9 Å². The monoisotopic (exact) mass is 486 g/mol. The summed E-state index contributed by atoms with van der Waals surface area (Å²) in [4.78, 5) is 6.83. The maximum atomic E-state index is 5.66. The van der Waals surface area contributed by atoms with Crippen LogP contribution >= 0.6 is 24.0 Å². The standard InChI is InChI=1S/C21H34N4O.HI/c1-22-21(23-11-4-14-26-17-20-9-10-20)24-15-18-5-7-19(8-6-18)16-25-12-2-3-13-25;/h5-8,20H,2-4,9-17H2,1H3,(H2,22,23,24);1H. The lowest BCUT2D eigenvalue weighted by molar-refractivity contribution is 0.123. The molecular formula is C21H35IN4O. The zero-order valence-corrected chi connectivity index (χ0v) is 18.9. The van der Waals surface area contributed by atoms with Crippen molar-refractivity contribution in [2.24, 2.45) is 10.9 Å². The highest BCUT2D eigenvalue weighted by molar-refractivity contribution is 14.0. The molecule has 1 aliphatic heterocycles. The Balaban J connectivity index is 0.00000261. The van der Waals surface area contributed by atoms with Gasteiger partial charge >= 0.3 is 0 Å². The van der Waals surface area contributed by atoms with Crippen molar-refractivity contribution in [3.05, 3.63) is 35.4 Å². The van der Waals surface area contributed by atoms with E-state index in [4.69, 9.17) is 4.74 Å². The minimum absolute atomic E-state index is 0. The largest absolute Gasteiger partial charge is 0.381 e. The van der Waals surface area contributed by atoms with E-state index in [0.29, 0.717) is 0 Å². The number of benzene rings is 1. The molecule has 1 saturated carbocycles. The van der Waals surface area contributed by atoms with E-state index in [2.05, 4.69) is 44.8 Å². The second-order valence-corrected chi connectivity index (χ2v) is 7.52. The zero-order valence-electron chi connectivity index (χ0n) is 16.6. The van der Waals surface area contributed by atoms with Crippen LogP contribution in [0.2, 0.25) is 0 Å². The van der Waals surface area contributed by atoms with Gasteiger partial charge in [0.1, 0.15) is 0 Å². The van der Waals surface area contributed by atoms with Gasteiger partial charge in [-0.3, -0.25) is 9.89 Å². The third kappa shape index (κ3) is 8.79. The van der Waals surface area contributed by atoms with Gasteiger partial charge in [-0.2, -0.15) is 0 Å². The summed E-state index contributed by atoms with van der Waals surface area (Å²) < 4.78 is 5.66. The number of halogens is 1. The molecule has 1 aliphatic carbocycles. The van der Waals surface area contributed by atoms with E-state index < -0.39 is 0 Å². The molecule has 1 aromatic rings. The van der Waals surface area contributed by atoms with E-state index >= 15 is 0 Å². The molecule has 1 saturated heterocycles. The Morgan fingerprint density at radius 3 is 2.48 bits per heavy atom.